The summed E-state index contributed by atoms with van der Waals surface area (Å²) in [7, 11) is 0. The van der Waals surface area contributed by atoms with Gasteiger partial charge in [-0.25, -0.2) is 4.98 Å². The summed E-state index contributed by atoms with van der Waals surface area (Å²) in [6, 6.07) is 4.00. The summed E-state index contributed by atoms with van der Waals surface area (Å²) in [5, 5.41) is 4.21. The fourth-order valence-electron chi connectivity index (χ4n) is 3.39. The Morgan fingerprint density at radius 1 is 1.39 bits per heavy atom. The summed E-state index contributed by atoms with van der Waals surface area (Å²) in [4.78, 5) is 22.8. The summed E-state index contributed by atoms with van der Waals surface area (Å²) in [6.07, 6.45) is 9.33. The van der Waals surface area contributed by atoms with Gasteiger partial charge in [0.25, 0.3) is 0 Å². The van der Waals surface area contributed by atoms with Crippen LogP contribution in [0.25, 0.3) is 0 Å². The van der Waals surface area contributed by atoms with Gasteiger partial charge in [0.05, 0.1) is 11.7 Å². The minimum absolute atomic E-state index is 0.00764. The van der Waals surface area contributed by atoms with E-state index in [1.807, 2.05) is 19.2 Å². The smallest absolute Gasteiger partial charge is 0.224 e. The largest absolute Gasteiger partial charge is 0.347 e. The third-order valence-electron chi connectivity index (χ3n) is 4.83. The lowest BCUT2D eigenvalue weighted by Gasteiger charge is -2.11. The molecule has 1 N–H and O–H groups in total. The first-order valence-corrected chi connectivity index (χ1v) is 9.23. The maximum Gasteiger partial charge on any atom is 0.224 e. The maximum atomic E-state index is 12.5. The summed E-state index contributed by atoms with van der Waals surface area (Å²) >= 11 is 1.78. The molecule has 5 heteroatoms. The molecule has 2 aliphatic rings. The monoisotopic (exact) mass is 327 g/mol. The van der Waals surface area contributed by atoms with Gasteiger partial charge in [-0.15, -0.1) is 11.3 Å². The molecule has 0 bridgehead atoms. The molecule has 2 aliphatic carbocycles. The Labute approximate surface area is 140 Å². The minimum Gasteiger partial charge on any atom is -0.347 e. The summed E-state index contributed by atoms with van der Waals surface area (Å²) in [5.74, 6) is 0.580. The molecule has 0 saturated heterocycles. The van der Waals surface area contributed by atoms with Crippen molar-refractivity contribution in [2.75, 3.05) is 0 Å². The first-order valence-electron chi connectivity index (χ1n) is 8.41. The van der Waals surface area contributed by atoms with Gasteiger partial charge >= 0.3 is 0 Å². The van der Waals surface area contributed by atoms with Gasteiger partial charge in [-0.1, -0.05) is 6.07 Å². The molecule has 4 nitrogen and oxygen atoms in total. The Bertz CT molecular complexity index is 689. The van der Waals surface area contributed by atoms with Gasteiger partial charge in [0, 0.05) is 23.2 Å². The summed E-state index contributed by atoms with van der Waals surface area (Å²) in [6.45, 7) is 2.05. The van der Waals surface area contributed by atoms with E-state index in [-0.39, 0.29) is 17.9 Å². The zero-order valence-corrected chi connectivity index (χ0v) is 14.1. The molecule has 4 rings (SSSR count). The van der Waals surface area contributed by atoms with Crippen LogP contribution in [-0.2, 0) is 17.6 Å². The molecule has 1 amide bonds. The van der Waals surface area contributed by atoms with Crippen LogP contribution in [0, 0.1) is 5.92 Å². The second-order valence-electron chi connectivity index (χ2n) is 6.59. The molecule has 0 spiro atoms. The predicted molar refractivity (Wildman–Crippen MR) is 90.4 cm³/mol. The highest BCUT2D eigenvalue weighted by Gasteiger charge is 2.44. The van der Waals surface area contributed by atoms with Crippen LogP contribution in [0.1, 0.15) is 59.3 Å². The molecule has 1 fully saturated rings. The van der Waals surface area contributed by atoms with Crippen LogP contribution >= 0.6 is 11.3 Å². The molecule has 0 aromatic carbocycles. The first-order chi connectivity index (χ1) is 11.2. The third kappa shape index (κ3) is 3.02. The molecule has 0 radical (unpaired) electrons. The minimum atomic E-state index is 0.00764. The number of carbonyl (C=O) groups is 1. The zero-order chi connectivity index (χ0) is 15.8. The molecular weight excluding hydrogens is 306 g/mol. The highest BCUT2D eigenvalue weighted by atomic mass is 32.1. The molecule has 3 atom stereocenters. The Kier molecular flexibility index (Phi) is 3.89. The maximum absolute atomic E-state index is 12.5. The van der Waals surface area contributed by atoms with E-state index in [9.17, 15) is 4.79 Å². The fraction of sp³-hybridized carbons (Fsp3) is 0.500. The number of carbonyl (C=O) groups excluding carboxylic acids is 1. The average Bonchev–Trinajstić information content (AvgIpc) is 3.27. The molecule has 2 aromatic heterocycles. The molecular formula is C18H21N3OS. The van der Waals surface area contributed by atoms with Gasteiger partial charge < -0.3 is 5.32 Å². The SMILES string of the molecule is C[C@H](NC(=O)[C@H]1C[C@H]1c1cccnc1)c1nc2c(s1)CCCC2. The van der Waals surface area contributed by atoms with E-state index in [1.165, 1.54) is 29.0 Å². The van der Waals surface area contributed by atoms with Gasteiger partial charge in [0.1, 0.15) is 5.01 Å². The Morgan fingerprint density at radius 3 is 3.04 bits per heavy atom. The third-order valence-corrected chi connectivity index (χ3v) is 6.17. The summed E-state index contributed by atoms with van der Waals surface area (Å²) in [5.41, 5.74) is 2.43. The Morgan fingerprint density at radius 2 is 2.26 bits per heavy atom. The molecule has 1 saturated carbocycles. The molecule has 0 aliphatic heterocycles. The van der Waals surface area contributed by atoms with Crippen molar-refractivity contribution in [2.45, 2.75) is 51.0 Å². The number of fused-ring (bicyclic) bond motifs is 1. The van der Waals surface area contributed by atoms with Crippen molar-refractivity contribution in [1.29, 1.82) is 0 Å². The highest BCUT2D eigenvalue weighted by Crippen LogP contribution is 2.47. The lowest BCUT2D eigenvalue weighted by Crippen LogP contribution is -2.28. The van der Waals surface area contributed by atoms with E-state index in [1.54, 1.807) is 17.5 Å². The van der Waals surface area contributed by atoms with Gasteiger partial charge in [0.15, 0.2) is 0 Å². The number of aryl methyl sites for hydroxylation is 2. The van der Waals surface area contributed by atoms with Crippen molar-refractivity contribution in [2.24, 2.45) is 5.92 Å². The van der Waals surface area contributed by atoms with Crippen molar-refractivity contribution < 1.29 is 4.79 Å². The second-order valence-corrected chi connectivity index (χ2v) is 7.71. The average molecular weight is 327 g/mol. The number of pyridine rings is 1. The van der Waals surface area contributed by atoms with E-state index >= 15 is 0 Å². The van der Waals surface area contributed by atoms with Crippen molar-refractivity contribution in [1.82, 2.24) is 15.3 Å². The molecule has 2 heterocycles. The van der Waals surface area contributed by atoms with E-state index in [0.29, 0.717) is 5.92 Å². The zero-order valence-electron chi connectivity index (χ0n) is 13.3. The van der Waals surface area contributed by atoms with Gasteiger partial charge in [-0.05, 0) is 56.6 Å². The van der Waals surface area contributed by atoms with Crippen LogP contribution in [0.5, 0.6) is 0 Å². The van der Waals surface area contributed by atoms with E-state index < -0.39 is 0 Å². The number of thiazole rings is 1. The van der Waals surface area contributed by atoms with Crippen LogP contribution in [0.15, 0.2) is 24.5 Å². The number of amides is 1. The normalized spacial score (nSPS) is 23.9. The topological polar surface area (TPSA) is 54.9 Å². The fourth-order valence-corrected chi connectivity index (χ4v) is 4.54. The Hall–Kier alpha value is -1.75. The van der Waals surface area contributed by atoms with Crippen molar-refractivity contribution >= 4 is 17.2 Å². The number of hydrogen-bond donors (Lipinski definition) is 1. The van der Waals surface area contributed by atoms with Crippen LogP contribution in [0.2, 0.25) is 0 Å². The number of nitrogens with zero attached hydrogens (tertiary/aromatic N) is 2. The van der Waals surface area contributed by atoms with Gasteiger partial charge in [0.2, 0.25) is 5.91 Å². The molecule has 120 valence electrons. The van der Waals surface area contributed by atoms with Crippen LogP contribution in [-0.4, -0.2) is 15.9 Å². The first kappa shape index (κ1) is 14.8. The van der Waals surface area contributed by atoms with E-state index in [0.717, 1.165) is 24.3 Å². The van der Waals surface area contributed by atoms with E-state index in [4.69, 9.17) is 4.98 Å². The second kappa shape index (κ2) is 6.04. The van der Waals surface area contributed by atoms with Crippen molar-refractivity contribution in [3.63, 3.8) is 0 Å². The Balaban J connectivity index is 1.38. The lowest BCUT2D eigenvalue weighted by molar-refractivity contribution is -0.123. The van der Waals surface area contributed by atoms with Crippen LogP contribution < -0.4 is 5.32 Å². The quantitative estimate of drug-likeness (QED) is 0.936. The predicted octanol–water partition coefficient (Wildman–Crippen LogP) is 3.40. The number of hydrogen-bond acceptors (Lipinski definition) is 4. The lowest BCUT2D eigenvalue weighted by atomic mass is 10.0. The standard InChI is InChI=1S/C18H21N3OS/c1-11(18-21-15-6-2-3-7-16(15)23-18)20-17(22)14-9-13(14)12-5-4-8-19-10-12/h4-5,8,10-11,13-14H,2-3,6-7,9H2,1H3,(H,20,22)/t11-,13-,14-/m0/s1. The van der Waals surface area contributed by atoms with Crippen molar-refractivity contribution in [3.05, 3.63) is 45.7 Å². The highest BCUT2D eigenvalue weighted by molar-refractivity contribution is 7.11. The van der Waals surface area contributed by atoms with E-state index in [2.05, 4.69) is 16.4 Å². The molecule has 23 heavy (non-hydrogen) atoms. The van der Waals surface area contributed by atoms with Crippen LogP contribution in [0.3, 0.4) is 0 Å². The number of rotatable bonds is 4. The summed E-state index contributed by atoms with van der Waals surface area (Å²) < 4.78 is 0. The van der Waals surface area contributed by atoms with Gasteiger partial charge in [-0.3, -0.25) is 9.78 Å². The molecule has 2 aromatic rings. The number of aromatic nitrogens is 2. The molecule has 0 unspecified atom stereocenters. The van der Waals surface area contributed by atoms with Crippen molar-refractivity contribution in [3.8, 4) is 0 Å². The number of nitrogens with one attached hydrogen (secondary N) is 1. The van der Waals surface area contributed by atoms with Crippen LogP contribution in [0.4, 0.5) is 0 Å². The van der Waals surface area contributed by atoms with Gasteiger partial charge in [-0.2, -0.15) is 0 Å².